The van der Waals surface area contributed by atoms with Crippen LogP contribution in [0.1, 0.15) is 22.8 Å². The summed E-state index contributed by atoms with van der Waals surface area (Å²) in [6.45, 7) is 2.02. The highest BCUT2D eigenvalue weighted by atomic mass is 79.9. The molecule has 0 bridgehead atoms. The first kappa shape index (κ1) is 13.3. The Bertz CT molecular complexity index is 770. The number of hydrogen-bond acceptors (Lipinski definition) is 2. The fourth-order valence-electron chi connectivity index (χ4n) is 2.33. The van der Waals surface area contributed by atoms with Crippen LogP contribution in [0.15, 0.2) is 59.2 Å². The van der Waals surface area contributed by atoms with Gasteiger partial charge in [-0.2, -0.15) is 0 Å². The van der Waals surface area contributed by atoms with Crippen LogP contribution in [0.3, 0.4) is 0 Å². The van der Waals surface area contributed by atoms with Crippen molar-refractivity contribution in [1.82, 2.24) is 4.98 Å². The maximum Gasteiger partial charge on any atom is 0.105 e. The van der Waals surface area contributed by atoms with E-state index in [-0.39, 0.29) is 0 Å². The maximum atomic E-state index is 10.6. The number of fused-ring (bicyclic) bond motifs is 1. The van der Waals surface area contributed by atoms with Gasteiger partial charge in [-0.15, -0.1) is 0 Å². The Morgan fingerprint density at radius 1 is 1.10 bits per heavy atom. The second-order valence-corrected chi connectivity index (χ2v) is 5.63. The van der Waals surface area contributed by atoms with Crippen molar-refractivity contribution in [3.05, 3.63) is 75.9 Å². The smallest absolute Gasteiger partial charge is 0.105 e. The Kier molecular flexibility index (Phi) is 3.55. The van der Waals surface area contributed by atoms with Crippen LogP contribution in [0.2, 0.25) is 0 Å². The van der Waals surface area contributed by atoms with Crippen molar-refractivity contribution in [2.75, 3.05) is 0 Å². The van der Waals surface area contributed by atoms with Crippen LogP contribution >= 0.6 is 15.9 Å². The SMILES string of the molecule is Cc1cccc(C(O)c2ccc3ncccc3c2)c1Br. The zero-order valence-electron chi connectivity index (χ0n) is 11.0. The Labute approximate surface area is 126 Å². The minimum atomic E-state index is -0.645. The van der Waals surface area contributed by atoms with Crippen molar-refractivity contribution >= 4 is 26.8 Å². The van der Waals surface area contributed by atoms with Crippen molar-refractivity contribution in [2.24, 2.45) is 0 Å². The minimum absolute atomic E-state index is 0.645. The van der Waals surface area contributed by atoms with Crippen molar-refractivity contribution < 1.29 is 5.11 Å². The molecule has 0 radical (unpaired) electrons. The average Bonchev–Trinajstić information content (AvgIpc) is 2.49. The molecule has 3 rings (SSSR count). The lowest BCUT2D eigenvalue weighted by Crippen LogP contribution is -2.01. The maximum absolute atomic E-state index is 10.6. The molecule has 0 spiro atoms. The molecule has 0 saturated carbocycles. The van der Waals surface area contributed by atoms with E-state index in [1.807, 2.05) is 55.5 Å². The predicted molar refractivity (Wildman–Crippen MR) is 84.7 cm³/mol. The topological polar surface area (TPSA) is 33.1 Å². The second-order valence-electron chi connectivity index (χ2n) is 4.84. The molecule has 0 aliphatic heterocycles. The molecule has 0 saturated heterocycles. The first-order valence-electron chi connectivity index (χ1n) is 6.44. The van der Waals surface area contributed by atoms with Crippen LogP contribution in [-0.4, -0.2) is 10.1 Å². The van der Waals surface area contributed by atoms with Crippen LogP contribution in [-0.2, 0) is 0 Å². The summed E-state index contributed by atoms with van der Waals surface area (Å²) in [5.41, 5.74) is 3.81. The molecule has 0 amide bonds. The van der Waals surface area contributed by atoms with Crippen molar-refractivity contribution in [1.29, 1.82) is 0 Å². The van der Waals surface area contributed by atoms with Crippen LogP contribution in [0, 0.1) is 6.92 Å². The highest BCUT2D eigenvalue weighted by molar-refractivity contribution is 9.10. The van der Waals surface area contributed by atoms with E-state index in [1.165, 1.54) is 0 Å². The van der Waals surface area contributed by atoms with E-state index in [0.29, 0.717) is 0 Å². The van der Waals surface area contributed by atoms with Crippen molar-refractivity contribution in [3.63, 3.8) is 0 Å². The highest BCUT2D eigenvalue weighted by Crippen LogP contribution is 2.31. The molecule has 1 atom stereocenters. The van der Waals surface area contributed by atoms with E-state index in [1.54, 1.807) is 6.20 Å². The molecule has 0 aliphatic rings. The summed E-state index contributed by atoms with van der Waals surface area (Å²) >= 11 is 3.56. The number of benzene rings is 2. The third-order valence-corrected chi connectivity index (χ3v) is 4.54. The molecular weight excluding hydrogens is 314 g/mol. The highest BCUT2D eigenvalue weighted by Gasteiger charge is 2.15. The van der Waals surface area contributed by atoms with Gasteiger partial charge >= 0.3 is 0 Å². The molecule has 3 heteroatoms. The van der Waals surface area contributed by atoms with Gasteiger partial charge in [0.15, 0.2) is 0 Å². The number of aromatic nitrogens is 1. The van der Waals surface area contributed by atoms with E-state index in [4.69, 9.17) is 0 Å². The summed E-state index contributed by atoms with van der Waals surface area (Å²) in [7, 11) is 0. The molecular formula is C17H14BrNO. The normalized spacial score (nSPS) is 12.6. The molecule has 2 aromatic carbocycles. The molecule has 0 fully saturated rings. The Balaban J connectivity index is 2.08. The van der Waals surface area contributed by atoms with E-state index in [9.17, 15) is 5.11 Å². The lowest BCUT2D eigenvalue weighted by atomic mass is 9.98. The van der Waals surface area contributed by atoms with Crippen LogP contribution in [0.5, 0.6) is 0 Å². The van der Waals surface area contributed by atoms with E-state index >= 15 is 0 Å². The average molecular weight is 328 g/mol. The first-order chi connectivity index (χ1) is 9.66. The summed E-state index contributed by atoms with van der Waals surface area (Å²) in [4.78, 5) is 4.30. The molecule has 1 unspecified atom stereocenters. The summed E-state index contributed by atoms with van der Waals surface area (Å²) in [6, 6.07) is 15.7. The third kappa shape index (κ3) is 2.35. The molecule has 0 aliphatic carbocycles. The number of aryl methyl sites for hydroxylation is 1. The Morgan fingerprint density at radius 3 is 2.80 bits per heavy atom. The summed E-state index contributed by atoms with van der Waals surface area (Å²) in [5, 5.41) is 11.6. The lowest BCUT2D eigenvalue weighted by molar-refractivity contribution is 0.219. The number of hydrogen-bond donors (Lipinski definition) is 1. The molecule has 1 heterocycles. The van der Waals surface area contributed by atoms with Gasteiger partial charge in [0.2, 0.25) is 0 Å². The van der Waals surface area contributed by atoms with E-state index < -0.39 is 6.10 Å². The Morgan fingerprint density at radius 2 is 1.95 bits per heavy atom. The van der Waals surface area contributed by atoms with Gasteiger partial charge in [0.05, 0.1) is 5.52 Å². The lowest BCUT2D eigenvalue weighted by Gasteiger charge is -2.15. The van der Waals surface area contributed by atoms with Crippen molar-refractivity contribution in [3.8, 4) is 0 Å². The molecule has 20 heavy (non-hydrogen) atoms. The molecule has 3 aromatic rings. The molecule has 1 N–H and O–H groups in total. The first-order valence-corrected chi connectivity index (χ1v) is 7.24. The van der Waals surface area contributed by atoms with Crippen LogP contribution in [0.25, 0.3) is 10.9 Å². The van der Waals surface area contributed by atoms with E-state index in [2.05, 4.69) is 20.9 Å². The molecule has 2 nitrogen and oxygen atoms in total. The number of rotatable bonds is 2. The number of pyridine rings is 1. The molecule has 100 valence electrons. The largest absolute Gasteiger partial charge is 0.384 e. The van der Waals surface area contributed by atoms with Gasteiger partial charge in [0, 0.05) is 16.1 Å². The minimum Gasteiger partial charge on any atom is -0.384 e. The quantitative estimate of drug-likeness (QED) is 0.757. The van der Waals surface area contributed by atoms with Gasteiger partial charge in [-0.25, -0.2) is 0 Å². The van der Waals surface area contributed by atoms with Gasteiger partial charge in [-0.3, -0.25) is 4.98 Å². The fraction of sp³-hybridized carbons (Fsp3) is 0.118. The summed E-state index contributed by atoms with van der Waals surface area (Å²) in [6.07, 6.45) is 1.13. The van der Waals surface area contributed by atoms with Gasteiger partial charge in [0.25, 0.3) is 0 Å². The van der Waals surface area contributed by atoms with Crippen molar-refractivity contribution in [2.45, 2.75) is 13.0 Å². The standard InChI is InChI=1S/C17H14BrNO/c1-11-4-2-6-14(16(11)18)17(20)13-7-8-15-12(10-13)5-3-9-19-15/h2-10,17,20H,1H3. The monoisotopic (exact) mass is 327 g/mol. The van der Waals surface area contributed by atoms with E-state index in [0.717, 1.165) is 32.1 Å². The number of aliphatic hydroxyl groups excluding tert-OH is 1. The second kappa shape index (κ2) is 5.35. The van der Waals surface area contributed by atoms with Crippen LogP contribution < -0.4 is 0 Å². The third-order valence-electron chi connectivity index (χ3n) is 3.46. The number of aliphatic hydroxyl groups is 1. The summed E-state index contributed by atoms with van der Waals surface area (Å²) < 4.78 is 0.957. The number of nitrogens with zero attached hydrogens (tertiary/aromatic N) is 1. The zero-order valence-corrected chi connectivity index (χ0v) is 12.6. The Hall–Kier alpha value is -1.71. The predicted octanol–water partition coefficient (Wildman–Crippen LogP) is 4.39. The fourth-order valence-corrected chi connectivity index (χ4v) is 2.81. The molecule has 1 aromatic heterocycles. The number of halogens is 1. The summed E-state index contributed by atoms with van der Waals surface area (Å²) in [5.74, 6) is 0. The van der Waals surface area contributed by atoms with Crippen LogP contribution in [0.4, 0.5) is 0 Å². The van der Waals surface area contributed by atoms with Gasteiger partial charge < -0.3 is 5.11 Å². The van der Waals surface area contributed by atoms with Gasteiger partial charge in [-0.1, -0.05) is 46.3 Å². The van der Waals surface area contributed by atoms with Gasteiger partial charge in [-0.05, 0) is 41.8 Å². The zero-order chi connectivity index (χ0) is 14.1. The van der Waals surface area contributed by atoms with Gasteiger partial charge in [0.1, 0.15) is 6.10 Å².